The Morgan fingerprint density at radius 1 is 1.00 bits per heavy atom. The van der Waals surface area contributed by atoms with Crippen LogP contribution in [0, 0.1) is 5.92 Å². The molecule has 0 bridgehead atoms. The van der Waals surface area contributed by atoms with Crippen LogP contribution in [0.5, 0.6) is 5.75 Å². The highest BCUT2D eigenvalue weighted by Gasteiger charge is 2.45. The number of ether oxygens (including phenoxy) is 3. The van der Waals surface area contributed by atoms with Crippen molar-refractivity contribution < 1.29 is 19.0 Å². The van der Waals surface area contributed by atoms with Crippen LogP contribution in [0.15, 0.2) is 54.6 Å². The third-order valence-electron chi connectivity index (χ3n) is 6.82. The molecule has 2 aromatic rings. The zero-order valence-electron chi connectivity index (χ0n) is 19.1. The van der Waals surface area contributed by atoms with Gasteiger partial charge >= 0.3 is 0 Å². The van der Waals surface area contributed by atoms with Crippen LogP contribution < -0.4 is 4.74 Å². The monoisotopic (exact) mass is 438 g/mol. The molecule has 2 aliphatic heterocycles. The average Bonchev–Trinajstić information content (AvgIpc) is 3.20. The molecule has 0 spiro atoms. The molecule has 172 valence electrons. The first kappa shape index (κ1) is 22.8. The van der Waals surface area contributed by atoms with Gasteiger partial charge in [-0.1, -0.05) is 42.5 Å². The maximum atomic E-state index is 12.8. The van der Waals surface area contributed by atoms with Gasteiger partial charge in [-0.25, -0.2) is 0 Å². The van der Waals surface area contributed by atoms with Gasteiger partial charge in [0.1, 0.15) is 12.4 Å². The molecule has 0 aromatic heterocycles. The van der Waals surface area contributed by atoms with E-state index in [9.17, 15) is 4.79 Å². The summed E-state index contributed by atoms with van der Waals surface area (Å²) in [4.78, 5) is 17.4. The van der Waals surface area contributed by atoms with Crippen LogP contribution in [0.3, 0.4) is 0 Å². The maximum absolute atomic E-state index is 12.8. The molecule has 1 amide bonds. The molecule has 2 heterocycles. The van der Waals surface area contributed by atoms with Gasteiger partial charge in [-0.05, 0) is 29.7 Å². The van der Waals surface area contributed by atoms with E-state index < -0.39 is 0 Å². The summed E-state index contributed by atoms with van der Waals surface area (Å²) >= 11 is 0. The molecule has 0 radical (unpaired) electrons. The standard InChI is InChI=1S/C26H34N2O4/c1-30-14-15-32-19-26(29)27-13-12-25-24(18-27)23(21-8-10-22(31-2)11-9-21)17-28(25)16-20-6-4-3-5-7-20/h3-11,23-25H,12-19H2,1-2H3/t23-,24-,25-/m1/s1. The van der Waals surface area contributed by atoms with E-state index in [0.29, 0.717) is 31.1 Å². The molecule has 2 saturated heterocycles. The summed E-state index contributed by atoms with van der Waals surface area (Å²) in [6.45, 7) is 4.59. The second-order valence-corrected chi connectivity index (χ2v) is 8.70. The Kier molecular flexibility index (Phi) is 7.79. The first-order valence-corrected chi connectivity index (χ1v) is 11.5. The number of rotatable bonds is 9. The molecule has 2 fully saturated rings. The molecular weight excluding hydrogens is 404 g/mol. The maximum Gasteiger partial charge on any atom is 0.248 e. The van der Waals surface area contributed by atoms with Crippen molar-refractivity contribution in [2.75, 3.05) is 53.7 Å². The number of carbonyl (C=O) groups is 1. The minimum Gasteiger partial charge on any atom is -0.497 e. The number of likely N-dealkylation sites (tertiary alicyclic amines) is 2. The molecule has 0 saturated carbocycles. The predicted octanol–water partition coefficient (Wildman–Crippen LogP) is 3.17. The minimum atomic E-state index is 0.0783. The summed E-state index contributed by atoms with van der Waals surface area (Å²) in [7, 11) is 3.33. The Bertz CT molecular complexity index is 858. The van der Waals surface area contributed by atoms with Crippen molar-refractivity contribution in [2.24, 2.45) is 5.92 Å². The lowest BCUT2D eigenvalue weighted by Gasteiger charge is -2.39. The lowest BCUT2D eigenvalue weighted by molar-refractivity contribution is -0.139. The number of fused-ring (bicyclic) bond motifs is 1. The van der Waals surface area contributed by atoms with Gasteiger partial charge in [-0.2, -0.15) is 0 Å². The van der Waals surface area contributed by atoms with E-state index in [-0.39, 0.29) is 12.5 Å². The number of benzene rings is 2. The summed E-state index contributed by atoms with van der Waals surface area (Å²) in [5.74, 6) is 1.75. The predicted molar refractivity (Wildman–Crippen MR) is 124 cm³/mol. The van der Waals surface area contributed by atoms with Gasteiger partial charge in [0.05, 0.1) is 20.3 Å². The van der Waals surface area contributed by atoms with Crippen LogP contribution in [0.4, 0.5) is 0 Å². The molecule has 6 heteroatoms. The molecule has 3 atom stereocenters. The molecular formula is C26H34N2O4. The van der Waals surface area contributed by atoms with Gasteiger partial charge < -0.3 is 19.1 Å². The van der Waals surface area contributed by atoms with Crippen molar-refractivity contribution in [1.82, 2.24) is 9.80 Å². The van der Waals surface area contributed by atoms with E-state index in [1.165, 1.54) is 11.1 Å². The first-order valence-electron chi connectivity index (χ1n) is 11.5. The largest absolute Gasteiger partial charge is 0.497 e. The zero-order chi connectivity index (χ0) is 22.3. The number of carbonyl (C=O) groups excluding carboxylic acids is 1. The number of piperidine rings is 1. The van der Waals surface area contributed by atoms with Crippen LogP contribution in [0.2, 0.25) is 0 Å². The van der Waals surface area contributed by atoms with Gasteiger partial charge in [0, 0.05) is 51.2 Å². The fourth-order valence-electron chi connectivity index (χ4n) is 5.16. The lowest BCUT2D eigenvalue weighted by atomic mass is 9.81. The molecule has 2 aromatic carbocycles. The van der Waals surface area contributed by atoms with Crippen molar-refractivity contribution in [1.29, 1.82) is 0 Å². The van der Waals surface area contributed by atoms with E-state index >= 15 is 0 Å². The van der Waals surface area contributed by atoms with E-state index in [2.05, 4.69) is 47.4 Å². The summed E-state index contributed by atoms with van der Waals surface area (Å²) < 4.78 is 15.9. The number of hydrogen-bond acceptors (Lipinski definition) is 5. The lowest BCUT2D eigenvalue weighted by Crippen LogP contribution is -2.49. The van der Waals surface area contributed by atoms with Crippen molar-refractivity contribution in [3.8, 4) is 5.75 Å². The molecule has 0 N–H and O–H groups in total. The second-order valence-electron chi connectivity index (χ2n) is 8.70. The van der Waals surface area contributed by atoms with Crippen LogP contribution in [0.25, 0.3) is 0 Å². The summed E-state index contributed by atoms with van der Waals surface area (Å²) in [5.41, 5.74) is 2.66. The van der Waals surface area contributed by atoms with E-state index in [1.54, 1.807) is 14.2 Å². The van der Waals surface area contributed by atoms with Crippen molar-refractivity contribution >= 4 is 5.91 Å². The fraction of sp³-hybridized carbons (Fsp3) is 0.500. The third-order valence-corrected chi connectivity index (χ3v) is 6.82. The van der Waals surface area contributed by atoms with Crippen LogP contribution in [0.1, 0.15) is 23.5 Å². The SMILES string of the molecule is COCCOCC(=O)N1CC[C@@H]2[C@H](C1)[C@@H](c1ccc(OC)cc1)CN2Cc1ccccc1. The summed E-state index contributed by atoms with van der Waals surface area (Å²) in [6, 6.07) is 19.6. The normalized spacial score (nSPS) is 23.2. The number of amides is 1. The highest BCUT2D eigenvalue weighted by atomic mass is 16.5. The smallest absolute Gasteiger partial charge is 0.248 e. The highest BCUT2D eigenvalue weighted by Crippen LogP contribution is 2.42. The van der Waals surface area contributed by atoms with Crippen LogP contribution in [-0.2, 0) is 20.8 Å². The molecule has 0 aliphatic carbocycles. The van der Waals surface area contributed by atoms with Crippen molar-refractivity contribution in [2.45, 2.75) is 24.9 Å². The van der Waals surface area contributed by atoms with Crippen LogP contribution in [-0.4, -0.2) is 75.4 Å². The van der Waals surface area contributed by atoms with E-state index in [4.69, 9.17) is 14.2 Å². The Morgan fingerprint density at radius 3 is 2.50 bits per heavy atom. The molecule has 0 unspecified atom stereocenters. The van der Waals surface area contributed by atoms with Crippen LogP contribution >= 0.6 is 0 Å². The summed E-state index contributed by atoms with van der Waals surface area (Å²) in [5, 5.41) is 0. The quantitative estimate of drug-likeness (QED) is 0.563. The fourth-order valence-corrected chi connectivity index (χ4v) is 5.16. The Labute approximate surface area is 191 Å². The van der Waals surface area contributed by atoms with Gasteiger partial charge in [-0.15, -0.1) is 0 Å². The van der Waals surface area contributed by atoms with E-state index in [0.717, 1.165) is 38.3 Å². The van der Waals surface area contributed by atoms with Gasteiger partial charge in [0.25, 0.3) is 0 Å². The van der Waals surface area contributed by atoms with E-state index in [1.807, 2.05) is 17.0 Å². The Hall–Kier alpha value is -2.41. The first-order chi connectivity index (χ1) is 15.7. The number of hydrogen-bond donors (Lipinski definition) is 0. The average molecular weight is 439 g/mol. The summed E-state index contributed by atoms with van der Waals surface area (Å²) in [6.07, 6.45) is 0.994. The molecule has 2 aliphatic rings. The van der Waals surface area contributed by atoms with Gasteiger partial charge in [0.2, 0.25) is 5.91 Å². The Morgan fingerprint density at radius 2 is 1.78 bits per heavy atom. The van der Waals surface area contributed by atoms with Crippen molar-refractivity contribution in [3.63, 3.8) is 0 Å². The number of nitrogens with zero attached hydrogens (tertiary/aromatic N) is 2. The highest BCUT2D eigenvalue weighted by molar-refractivity contribution is 5.77. The van der Waals surface area contributed by atoms with Gasteiger partial charge in [-0.3, -0.25) is 9.69 Å². The van der Waals surface area contributed by atoms with Gasteiger partial charge in [0.15, 0.2) is 0 Å². The Balaban J connectivity index is 1.49. The zero-order valence-corrected chi connectivity index (χ0v) is 19.1. The second kappa shape index (κ2) is 10.9. The molecule has 6 nitrogen and oxygen atoms in total. The van der Waals surface area contributed by atoms with Crippen molar-refractivity contribution in [3.05, 3.63) is 65.7 Å². The molecule has 32 heavy (non-hydrogen) atoms. The minimum absolute atomic E-state index is 0.0783. The third kappa shape index (κ3) is 5.31. The molecule has 4 rings (SSSR count). The topological polar surface area (TPSA) is 51.2 Å². The number of methoxy groups -OCH3 is 2.